The molecule has 1 nitrogen and oxygen atoms in total. The van der Waals surface area contributed by atoms with E-state index in [1.54, 1.807) is 0 Å². The minimum atomic E-state index is -0.726. The number of benzene rings is 1. The Morgan fingerprint density at radius 1 is 1.08 bits per heavy atom. The van der Waals surface area contributed by atoms with Crippen LogP contribution >= 0.6 is 0 Å². The van der Waals surface area contributed by atoms with Crippen LogP contribution in [-0.2, 0) is 6.42 Å². The molecule has 1 aromatic rings. The van der Waals surface area contributed by atoms with E-state index in [4.69, 9.17) is 0 Å². The Hall–Kier alpha value is -1.26. The minimum Gasteiger partial charge on any atom is -0.389 e. The number of aliphatic hydroxyl groups is 1. The Morgan fingerprint density at radius 3 is 2.42 bits per heavy atom. The summed E-state index contributed by atoms with van der Waals surface area (Å²) >= 11 is 0. The fraction of sp³-hybridized carbons (Fsp3) is 0.652. The molecule has 0 bridgehead atoms. The zero-order chi connectivity index (χ0) is 17.8. The Kier molecular flexibility index (Phi) is 9.80. The highest BCUT2D eigenvalue weighted by Gasteiger charge is 2.30. The molecule has 134 valence electrons. The van der Waals surface area contributed by atoms with Gasteiger partial charge in [-0.2, -0.15) is 0 Å². The summed E-state index contributed by atoms with van der Waals surface area (Å²) in [4.78, 5) is 0. The topological polar surface area (TPSA) is 20.2 Å². The Balaban J connectivity index is 2.61. The lowest BCUT2D eigenvalue weighted by Gasteiger charge is -2.31. The summed E-state index contributed by atoms with van der Waals surface area (Å²) in [5, 5.41) is 11.0. The largest absolute Gasteiger partial charge is 0.389 e. The van der Waals surface area contributed by atoms with Gasteiger partial charge in [-0.1, -0.05) is 76.3 Å². The molecule has 0 aliphatic heterocycles. The van der Waals surface area contributed by atoms with Crippen molar-refractivity contribution in [2.45, 2.75) is 84.7 Å². The van der Waals surface area contributed by atoms with E-state index in [0.717, 1.165) is 25.7 Å². The summed E-state index contributed by atoms with van der Waals surface area (Å²) < 4.78 is 0. The van der Waals surface area contributed by atoms with Gasteiger partial charge in [0.05, 0.1) is 5.60 Å². The monoisotopic (exact) mass is 328 g/mol. The molecule has 0 spiro atoms. The molecule has 0 aromatic heterocycles. The number of unbranched alkanes of at least 4 members (excludes halogenated alkanes) is 4. The van der Waals surface area contributed by atoms with E-state index in [1.807, 2.05) is 13.0 Å². The van der Waals surface area contributed by atoms with Gasteiger partial charge >= 0.3 is 0 Å². The summed E-state index contributed by atoms with van der Waals surface area (Å²) in [6.45, 7) is 8.62. The average molecular weight is 329 g/mol. The predicted molar refractivity (Wildman–Crippen MR) is 105 cm³/mol. The highest BCUT2D eigenvalue weighted by molar-refractivity contribution is 5.16. The maximum absolute atomic E-state index is 11.0. The highest BCUT2D eigenvalue weighted by Crippen LogP contribution is 2.28. The molecule has 0 amide bonds. The maximum Gasteiger partial charge on any atom is 0.0759 e. The zero-order valence-electron chi connectivity index (χ0n) is 16.1. The molecule has 0 radical (unpaired) electrons. The molecule has 2 atom stereocenters. The minimum absolute atomic E-state index is 0.0624. The van der Waals surface area contributed by atoms with Crippen LogP contribution in [0.25, 0.3) is 0 Å². The van der Waals surface area contributed by atoms with Gasteiger partial charge in [-0.25, -0.2) is 0 Å². The normalized spacial score (nSPS) is 14.8. The second-order valence-electron chi connectivity index (χ2n) is 7.66. The summed E-state index contributed by atoms with van der Waals surface area (Å²) in [6.07, 6.45) is 8.60. The number of hydrogen-bond donors (Lipinski definition) is 1. The standard InChI is InChI=1S/C23H36O/c1-5-6-7-8-9-13-16-22(19-20(2)3)23(4,24)18-17-21-14-11-10-12-15-21/h10-12,14-15,20,22,24H,5-9,17-19H2,1-4H3. The molecule has 1 heteroatoms. The molecular formula is C23H36O. The van der Waals surface area contributed by atoms with Crippen LogP contribution in [0.2, 0.25) is 0 Å². The van der Waals surface area contributed by atoms with Crippen LogP contribution < -0.4 is 0 Å². The Bertz CT molecular complexity index is 490. The van der Waals surface area contributed by atoms with Crippen molar-refractivity contribution in [1.29, 1.82) is 0 Å². The van der Waals surface area contributed by atoms with Crippen molar-refractivity contribution in [1.82, 2.24) is 0 Å². The lowest BCUT2D eigenvalue weighted by molar-refractivity contribution is 0.00633. The first kappa shape index (κ1) is 20.8. The Morgan fingerprint density at radius 2 is 1.79 bits per heavy atom. The van der Waals surface area contributed by atoms with Crippen molar-refractivity contribution in [3.8, 4) is 11.8 Å². The number of aryl methyl sites for hydroxylation is 1. The first-order chi connectivity index (χ1) is 11.5. The van der Waals surface area contributed by atoms with Gasteiger partial charge in [0.25, 0.3) is 0 Å². The fourth-order valence-corrected chi connectivity index (χ4v) is 2.99. The molecule has 0 aliphatic carbocycles. The van der Waals surface area contributed by atoms with Crippen LogP contribution in [0.5, 0.6) is 0 Å². The van der Waals surface area contributed by atoms with Gasteiger partial charge in [-0.15, -0.1) is 5.92 Å². The van der Waals surface area contributed by atoms with Gasteiger partial charge in [0.2, 0.25) is 0 Å². The number of hydrogen-bond acceptors (Lipinski definition) is 1. The molecule has 0 aliphatic rings. The van der Waals surface area contributed by atoms with E-state index in [0.29, 0.717) is 5.92 Å². The van der Waals surface area contributed by atoms with Crippen LogP contribution in [0.1, 0.15) is 78.2 Å². The van der Waals surface area contributed by atoms with Gasteiger partial charge < -0.3 is 5.11 Å². The van der Waals surface area contributed by atoms with E-state index in [2.05, 4.69) is 56.9 Å². The molecule has 1 rings (SSSR count). The van der Waals surface area contributed by atoms with Crippen LogP contribution in [0, 0.1) is 23.7 Å². The average Bonchev–Trinajstić information content (AvgIpc) is 2.55. The van der Waals surface area contributed by atoms with E-state index in [-0.39, 0.29) is 5.92 Å². The van der Waals surface area contributed by atoms with Gasteiger partial charge in [-0.3, -0.25) is 0 Å². The first-order valence-electron chi connectivity index (χ1n) is 9.70. The highest BCUT2D eigenvalue weighted by atomic mass is 16.3. The molecular weight excluding hydrogens is 292 g/mol. The van der Waals surface area contributed by atoms with Crippen molar-refractivity contribution >= 4 is 0 Å². The molecule has 0 heterocycles. The molecule has 1 aromatic carbocycles. The smallest absolute Gasteiger partial charge is 0.0759 e. The molecule has 0 saturated carbocycles. The summed E-state index contributed by atoms with van der Waals surface area (Å²) in [5.74, 6) is 7.36. The van der Waals surface area contributed by atoms with Crippen molar-refractivity contribution < 1.29 is 5.11 Å². The quantitative estimate of drug-likeness (QED) is 0.412. The van der Waals surface area contributed by atoms with E-state index >= 15 is 0 Å². The second-order valence-corrected chi connectivity index (χ2v) is 7.66. The van der Waals surface area contributed by atoms with Gasteiger partial charge in [0.1, 0.15) is 0 Å². The molecule has 2 unspecified atom stereocenters. The van der Waals surface area contributed by atoms with Crippen molar-refractivity contribution in [2.75, 3.05) is 0 Å². The maximum atomic E-state index is 11.0. The first-order valence-corrected chi connectivity index (χ1v) is 9.70. The fourth-order valence-electron chi connectivity index (χ4n) is 2.99. The number of rotatable bonds is 10. The van der Waals surface area contributed by atoms with Gasteiger partial charge in [-0.05, 0) is 44.1 Å². The van der Waals surface area contributed by atoms with Crippen LogP contribution in [0.4, 0.5) is 0 Å². The third-order valence-corrected chi connectivity index (χ3v) is 4.65. The molecule has 0 saturated heterocycles. The van der Waals surface area contributed by atoms with Gasteiger partial charge in [0, 0.05) is 12.3 Å². The van der Waals surface area contributed by atoms with E-state index in [9.17, 15) is 5.11 Å². The summed E-state index contributed by atoms with van der Waals surface area (Å²) in [5.41, 5.74) is 0.560. The summed E-state index contributed by atoms with van der Waals surface area (Å²) in [7, 11) is 0. The van der Waals surface area contributed by atoms with Crippen LogP contribution in [-0.4, -0.2) is 10.7 Å². The SMILES string of the molecule is CCCCCCC#CC(CC(C)C)C(C)(O)CCc1ccccc1. The van der Waals surface area contributed by atoms with E-state index < -0.39 is 5.60 Å². The predicted octanol–water partition coefficient (Wildman–Crippen LogP) is 6.01. The molecule has 24 heavy (non-hydrogen) atoms. The zero-order valence-corrected chi connectivity index (χ0v) is 16.1. The van der Waals surface area contributed by atoms with Crippen LogP contribution in [0.15, 0.2) is 30.3 Å². The molecule has 1 N–H and O–H groups in total. The van der Waals surface area contributed by atoms with E-state index in [1.165, 1.54) is 31.2 Å². The third-order valence-electron chi connectivity index (χ3n) is 4.65. The lowest BCUT2D eigenvalue weighted by Crippen LogP contribution is -2.35. The third kappa shape index (κ3) is 8.55. The van der Waals surface area contributed by atoms with Crippen molar-refractivity contribution in [2.24, 2.45) is 11.8 Å². The van der Waals surface area contributed by atoms with Crippen LogP contribution in [0.3, 0.4) is 0 Å². The second kappa shape index (κ2) is 11.3. The Labute approximate surface area is 149 Å². The lowest BCUT2D eigenvalue weighted by atomic mass is 9.79. The van der Waals surface area contributed by atoms with Gasteiger partial charge in [0.15, 0.2) is 0 Å². The van der Waals surface area contributed by atoms with Crippen molar-refractivity contribution in [3.63, 3.8) is 0 Å². The van der Waals surface area contributed by atoms with Crippen molar-refractivity contribution in [3.05, 3.63) is 35.9 Å². The molecule has 0 fully saturated rings. The summed E-state index contributed by atoms with van der Waals surface area (Å²) in [6, 6.07) is 10.4.